The van der Waals surface area contributed by atoms with Crippen LogP contribution in [0.15, 0.2) is 115 Å². The second-order valence-corrected chi connectivity index (χ2v) is 12.9. The molecule has 2 heterocycles. The number of ketones is 1. The fourth-order valence-electron chi connectivity index (χ4n) is 5.86. The van der Waals surface area contributed by atoms with Crippen molar-refractivity contribution in [2.45, 2.75) is 37.8 Å². The number of nitrogens with zero attached hydrogens (tertiary/aromatic N) is 2. The first-order valence-corrected chi connectivity index (χ1v) is 17.5. The third-order valence-corrected chi connectivity index (χ3v) is 9.04. The molecule has 0 saturated carbocycles. The first-order valence-electron chi connectivity index (χ1n) is 17.1. The van der Waals surface area contributed by atoms with Gasteiger partial charge < -0.3 is 29.6 Å². The number of hydrogen-bond donors (Lipinski definition) is 4. The number of carboxylic acids is 2. The van der Waals surface area contributed by atoms with Gasteiger partial charge in [0.15, 0.2) is 5.78 Å². The van der Waals surface area contributed by atoms with Crippen LogP contribution in [0.5, 0.6) is 0 Å². The summed E-state index contributed by atoms with van der Waals surface area (Å²) in [5.41, 5.74) is 4.33. The Bertz CT molecular complexity index is 2020. The van der Waals surface area contributed by atoms with Gasteiger partial charge >= 0.3 is 18.0 Å². The Hall–Kier alpha value is -5.82. The zero-order chi connectivity index (χ0) is 39.1. The fourth-order valence-corrected chi connectivity index (χ4v) is 5.98. The van der Waals surface area contributed by atoms with Crippen LogP contribution < -0.4 is 5.32 Å². The molecule has 0 aliphatic carbocycles. The molecule has 0 bridgehead atoms. The van der Waals surface area contributed by atoms with E-state index < -0.39 is 23.6 Å². The number of carbonyl (C=O) groups is 4. The number of methoxy groups -OCH3 is 1. The molecule has 4 N–H and O–H groups in total. The lowest BCUT2D eigenvalue weighted by molar-refractivity contribution is -0.134. The van der Waals surface area contributed by atoms with Crippen LogP contribution >= 0.6 is 11.6 Å². The molecule has 1 fully saturated rings. The highest BCUT2D eigenvalue weighted by Crippen LogP contribution is 2.34. The lowest BCUT2D eigenvalue weighted by Gasteiger charge is -2.32. The van der Waals surface area contributed by atoms with Gasteiger partial charge in [-0.2, -0.15) is 0 Å². The topological polar surface area (TPSA) is 171 Å². The average molecular weight is 755 g/mol. The number of amides is 1. The van der Waals surface area contributed by atoms with Gasteiger partial charge in [0, 0.05) is 41.0 Å². The van der Waals surface area contributed by atoms with Gasteiger partial charge in [-0.25, -0.2) is 19.4 Å². The Kier molecular flexibility index (Phi) is 15.1. The number of carbonyl (C=O) groups excluding carboxylic acids is 2. The number of H-pyrrole nitrogens is 1. The number of benzene rings is 4. The summed E-state index contributed by atoms with van der Waals surface area (Å²) in [5.74, 6) is -2.31. The van der Waals surface area contributed by atoms with Crippen LogP contribution in [0.2, 0.25) is 5.02 Å². The number of aliphatic carboxylic acids is 2. The summed E-state index contributed by atoms with van der Waals surface area (Å²) in [7, 11) is 3.49. The van der Waals surface area contributed by atoms with E-state index in [1.165, 1.54) is 32.1 Å². The number of ether oxygens (including phenoxy) is 2. The molecule has 4 aromatic carbocycles. The molecule has 1 aliphatic rings. The highest BCUT2D eigenvalue weighted by atomic mass is 35.5. The van der Waals surface area contributed by atoms with Gasteiger partial charge in [-0.1, -0.05) is 84.4 Å². The second-order valence-electron chi connectivity index (χ2n) is 12.5. The number of carboxylic acid groups (broad SMARTS) is 2. The molecule has 12 nitrogen and oxygen atoms in total. The molecule has 282 valence electrons. The van der Waals surface area contributed by atoms with E-state index >= 15 is 0 Å². The number of aromatic amines is 1. The van der Waals surface area contributed by atoms with E-state index in [0.29, 0.717) is 40.4 Å². The van der Waals surface area contributed by atoms with Gasteiger partial charge in [-0.15, -0.1) is 0 Å². The maximum Gasteiger partial charge on any atom is 0.413 e. The predicted molar refractivity (Wildman–Crippen MR) is 207 cm³/mol. The van der Waals surface area contributed by atoms with Gasteiger partial charge in [-0.3, -0.25) is 10.1 Å². The van der Waals surface area contributed by atoms with Crippen molar-refractivity contribution in [1.82, 2.24) is 14.9 Å². The average Bonchev–Trinajstić information content (AvgIpc) is 3.79. The Morgan fingerprint density at radius 1 is 0.907 bits per heavy atom. The molecule has 1 aromatic heterocycles. The maximum absolute atomic E-state index is 12.4. The number of nitrogens with one attached hydrogen (secondary N) is 2. The summed E-state index contributed by atoms with van der Waals surface area (Å²) in [6.07, 6.45) is 4.16. The zero-order valence-electron chi connectivity index (χ0n) is 30.2. The molecule has 1 saturated heterocycles. The molecule has 0 radical (unpaired) electrons. The first kappa shape index (κ1) is 40.9. The predicted octanol–water partition coefficient (Wildman–Crippen LogP) is 7.79. The molecular weight excluding hydrogens is 712 g/mol. The Labute approximate surface area is 318 Å². The van der Waals surface area contributed by atoms with Crippen molar-refractivity contribution in [2.24, 2.45) is 0 Å². The molecule has 1 amide bonds. The van der Waals surface area contributed by atoms with Crippen LogP contribution in [0.25, 0.3) is 11.0 Å². The number of likely N-dealkylation sites (tertiary alicyclic amines) is 1. The summed E-state index contributed by atoms with van der Waals surface area (Å²) in [6.45, 7) is 4.12. The van der Waals surface area contributed by atoms with Gasteiger partial charge in [0.2, 0.25) is 5.95 Å². The summed E-state index contributed by atoms with van der Waals surface area (Å²) < 4.78 is 11.0. The van der Waals surface area contributed by atoms with Crippen LogP contribution in [-0.2, 0) is 24.7 Å². The van der Waals surface area contributed by atoms with Crippen molar-refractivity contribution in [3.8, 4) is 0 Å². The van der Waals surface area contributed by atoms with E-state index in [-0.39, 0.29) is 11.7 Å². The van der Waals surface area contributed by atoms with Gasteiger partial charge in [0.1, 0.15) is 5.60 Å². The van der Waals surface area contributed by atoms with Crippen LogP contribution in [0.3, 0.4) is 0 Å². The maximum atomic E-state index is 12.4. The highest BCUT2D eigenvalue weighted by molar-refractivity contribution is 6.30. The lowest BCUT2D eigenvalue weighted by Crippen LogP contribution is -2.31. The number of anilines is 1. The molecule has 2 unspecified atom stereocenters. The van der Waals surface area contributed by atoms with Gasteiger partial charge in [0.05, 0.1) is 18.1 Å². The minimum atomic E-state index is -1.26. The van der Waals surface area contributed by atoms with E-state index in [1.807, 2.05) is 36.4 Å². The first-order chi connectivity index (χ1) is 25.9. The Morgan fingerprint density at radius 2 is 1.52 bits per heavy atom. The van der Waals surface area contributed by atoms with E-state index in [9.17, 15) is 19.2 Å². The molecule has 6 rings (SSSR count). The van der Waals surface area contributed by atoms with Crippen LogP contribution in [0.1, 0.15) is 53.2 Å². The van der Waals surface area contributed by atoms with Gasteiger partial charge in [-0.05, 0) is 81.2 Å². The third-order valence-electron chi connectivity index (χ3n) is 8.79. The number of rotatable bonds is 11. The van der Waals surface area contributed by atoms with Crippen LogP contribution in [0.4, 0.5) is 10.7 Å². The fraction of sp³-hybridized carbons (Fsp3) is 0.244. The monoisotopic (exact) mass is 754 g/mol. The number of aromatic nitrogens is 2. The quantitative estimate of drug-likeness (QED) is 0.0771. The van der Waals surface area contributed by atoms with E-state index in [2.05, 4.69) is 75.3 Å². The SMILES string of the molecule is CN1CCCC1CCOC(C)(c1ccccc1)c1ccc(Cl)cc1.COC(=O)Nc1nc2ccc(C(=O)c3ccccc3)cc2[nH]1.O=C(O)C=CC(=O)O. The second kappa shape index (κ2) is 19.9. The van der Waals surface area contributed by atoms with Crippen LogP contribution in [0, 0.1) is 0 Å². The zero-order valence-corrected chi connectivity index (χ0v) is 31.0. The Morgan fingerprint density at radius 3 is 2.09 bits per heavy atom. The van der Waals surface area contributed by atoms with Gasteiger partial charge in [0.25, 0.3) is 0 Å². The molecule has 5 aromatic rings. The van der Waals surface area contributed by atoms with Crippen LogP contribution in [-0.4, -0.2) is 82.2 Å². The lowest BCUT2D eigenvalue weighted by atomic mass is 9.88. The van der Waals surface area contributed by atoms with Crippen molar-refractivity contribution in [3.63, 3.8) is 0 Å². The Balaban J connectivity index is 0.000000202. The minimum Gasteiger partial charge on any atom is -0.478 e. The molecule has 0 spiro atoms. The van der Waals surface area contributed by atoms with Crippen molar-refractivity contribution >= 4 is 52.4 Å². The summed E-state index contributed by atoms with van der Waals surface area (Å²) in [5, 5.41) is 18.8. The smallest absolute Gasteiger partial charge is 0.413 e. The third kappa shape index (κ3) is 11.9. The molecule has 54 heavy (non-hydrogen) atoms. The summed E-state index contributed by atoms with van der Waals surface area (Å²) in [6, 6.07) is 33.3. The van der Waals surface area contributed by atoms with Crippen molar-refractivity contribution < 1.29 is 38.9 Å². The molecule has 1 aliphatic heterocycles. The van der Waals surface area contributed by atoms with E-state index in [0.717, 1.165) is 23.6 Å². The number of hydrogen-bond acceptors (Lipinski definition) is 8. The van der Waals surface area contributed by atoms with E-state index in [4.69, 9.17) is 26.6 Å². The molecule has 2 atom stereocenters. The van der Waals surface area contributed by atoms with Crippen molar-refractivity contribution in [1.29, 1.82) is 0 Å². The minimum absolute atomic E-state index is 0.0698. The normalized spacial score (nSPS) is 14.9. The number of imidazole rings is 1. The number of halogens is 1. The summed E-state index contributed by atoms with van der Waals surface area (Å²) in [4.78, 5) is 52.3. The van der Waals surface area contributed by atoms with Crippen molar-refractivity contribution in [3.05, 3.63) is 143 Å². The molecular formula is C41H43ClN4O8. The number of fused-ring (bicyclic) bond motifs is 1. The van der Waals surface area contributed by atoms with Crippen molar-refractivity contribution in [2.75, 3.05) is 32.6 Å². The largest absolute Gasteiger partial charge is 0.478 e. The summed E-state index contributed by atoms with van der Waals surface area (Å²) >= 11 is 6.07. The standard InChI is InChI=1S/C21H26ClNO.C16H13N3O3.C4H4O4/c1-21(17-7-4-3-5-8-17,18-10-12-19(22)13-11-18)24-16-14-20-9-6-15-23(20)2;1-22-16(21)19-15-17-12-8-7-11(9-13(12)18-15)14(20)10-5-3-2-4-6-10;5-3(6)1-2-4(7)8/h3-5,7-8,10-13,20H,6,9,14-16H2,1-2H3;2-9H,1H3,(H2,17,18,19,21);1-2H,(H,5,6)(H,7,8). The molecule has 13 heteroatoms. The highest BCUT2D eigenvalue weighted by Gasteiger charge is 2.31. The van der Waals surface area contributed by atoms with E-state index in [1.54, 1.807) is 30.3 Å².